The third-order valence-electron chi connectivity index (χ3n) is 5.95. The zero-order valence-corrected chi connectivity index (χ0v) is 18.6. The van der Waals surface area contributed by atoms with Gasteiger partial charge in [0.2, 0.25) is 0 Å². The maximum Gasteiger partial charge on any atom is 0.410 e. The molecule has 1 amide bonds. The molecule has 0 aromatic rings. The van der Waals surface area contributed by atoms with Gasteiger partial charge in [0.1, 0.15) is 5.60 Å². The van der Waals surface area contributed by atoms with Crippen LogP contribution in [0.1, 0.15) is 64.7 Å². The highest BCUT2D eigenvalue weighted by Gasteiger charge is 2.60. The Morgan fingerprint density at radius 1 is 1.09 bits per heavy atom. The summed E-state index contributed by atoms with van der Waals surface area (Å²) in [5.41, 5.74) is -0.453. The molecule has 0 aromatic carbocycles. The molecule has 1 heterocycles. The Balaban J connectivity index is 1.67. The van der Waals surface area contributed by atoms with Crippen molar-refractivity contribution in [1.29, 1.82) is 0 Å². The molecule has 32 heavy (non-hydrogen) atoms. The monoisotopic (exact) mass is 490 g/mol. The minimum Gasteiger partial charge on any atom is -0.743 e. The minimum absolute atomic E-state index is 0.208. The van der Waals surface area contributed by atoms with E-state index in [0.29, 0.717) is 25.9 Å². The van der Waals surface area contributed by atoms with Gasteiger partial charge in [-0.3, -0.25) is 4.79 Å². The predicted octanol–water partition coefficient (Wildman–Crippen LogP) is 3.65. The largest absolute Gasteiger partial charge is 0.743 e. The van der Waals surface area contributed by atoms with Gasteiger partial charge in [-0.05, 0) is 58.3 Å². The quantitative estimate of drug-likeness (QED) is 0.210. The zero-order valence-electron chi connectivity index (χ0n) is 17.8. The number of hydrogen-bond acceptors (Lipinski definition) is 7. The van der Waals surface area contributed by atoms with Crippen LogP contribution < -0.4 is 0 Å². The van der Waals surface area contributed by atoms with Gasteiger partial charge < -0.3 is 18.9 Å². The van der Waals surface area contributed by atoms with E-state index in [1.54, 1.807) is 0 Å². The summed E-state index contributed by atoms with van der Waals surface area (Å²) in [5.74, 6) is -6.09. The van der Waals surface area contributed by atoms with Crippen molar-refractivity contribution in [2.24, 2.45) is 5.92 Å². The van der Waals surface area contributed by atoms with Crippen molar-refractivity contribution in [2.75, 3.05) is 19.7 Å². The summed E-state index contributed by atoms with van der Waals surface area (Å²) in [6.45, 7) is 2.20. The zero-order chi connectivity index (χ0) is 24.2. The van der Waals surface area contributed by atoms with Crippen molar-refractivity contribution in [3.63, 3.8) is 0 Å². The summed E-state index contributed by atoms with van der Waals surface area (Å²) in [5, 5.41) is -5.71. The second-order valence-electron chi connectivity index (χ2n) is 8.59. The van der Waals surface area contributed by atoms with Crippen molar-refractivity contribution in [3.8, 4) is 0 Å². The van der Waals surface area contributed by atoms with Crippen LogP contribution in [0.5, 0.6) is 0 Å². The third kappa shape index (κ3) is 6.46. The number of nitrogens with zero attached hydrogens (tertiary/aromatic N) is 1. The van der Waals surface area contributed by atoms with Crippen LogP contribution in [0, 0.1) is 5.92 Å². The molecule has 0 spiro atoms. The molecule has 1 aliphatic heterocycles. The number of halogens is 4. The Morgan fingerprint density at radius 2 is 1.66 bits per heavy atom. The van der Waals surface area contributed by atoms with E-state index in [2.05, 4.69) is 0 Å². The summed E-state index contributed by atoms with van der Waals surface area (Å²) >= 11 is 0. The fourth-order valence-corrected chi connectivity index (χ4v) is 4.33. The van der Waals surface area contributed by atoms with Gasteiger partial charge in [0.15, 0.2) is 10.1 Å². The number of esters is 1. The lowest BCUT2D eigenvalue weighted by molar-refractivity contribution is -0.165. The van der Waals surface area contributed by atoms with Crippen LogP contribution in [-0.4, -0.2) is 66.4 Å². The summed E-state index contributed by atoms with van der Waals surface area (Å²) in [7, 11) is -6.51. The van der Waals surface area contributed by atoms with E-state index >= 15 is 0 Å². The van der Waals surface area contributed by atoms with Crippen LogP contribution in [0.3, 0.4) is 0 Å². The molecule has 8 nitrogen and oxygen atoms in total. The van der Waals surface area contributed by atoms with E-state index in [0.717, 1.165) is 25.7 Å². The van der Waals surface area contributed by atoms with E-state index in [1.165, 1.54) is 4.90 Å². The lowest BCUT2D eigenvalue weighted by Crippen LogP contribution is -2.46. The Bertz CT molecular complexity index is 777. The molecule has 1 saturated carbocycles. The molecule has 13 heteroatoms. The maximum absolute atomic E-state index is 13.3. The van der Waals surface area contributed by atoms with E-state index < -0.39 is 57.7 Å². The number of alkyl halides is 4. The number of ether oxygens (including phenoxy) is 2. The van der Waals surface area contributed by atoms with Gasteiger partial charge in [-0.15, -0.1) is 0 Å². The van der Waals surface area contributed by atoms with Gasteiger partial charge in [-0.2, -0.15) is 17.6 Å². The summed E-state index contributed by atoms with van der Waals surface area (Å²) in [6.07, 6.45) is 1.60. The van der Waals surface area contributed by atoms with Crippen LogP contribution >= 0.6 is 0 Å². The van der Waals surface area contributed by atoms with E-state index in [4.69, 9.17) is 9.47 Å². The topological polar surface area (TPSA) is 113 Å². The Kier molecular flexibility index (Phi) is 8.41. The van der Waals surface area contributed by atoms with Crippen molar-refractivity contribution in [2.45, 2.75) is 81.5 Å². The van der Waals surface area contributed by atoms with Crippen molar-refractivity contribution in [1.82, 2.24) is 4.90 Å². The van der Waals surface area contributed by atoms with Gasteiger partial charge in [-0.25, -0.2) is 13.2 Å². The van der Waals surface area contributed by atoms with Gasteiger partial charge in [-0.1, -0.05) is 0 Å². The summed E-state index contributed by atoms with van der Waals surface area (Å²) in [6, 6.07) is 0. The molecular weight excluding hydrogens is 462 g/mol. The number of unbranched alkanes of at least 4 members (excludes halogenated alkanes) is 1. The number of rotatable bonds is 9. The highest BCUT2D eigenvalue weighted by Crippen LogP contribution is 2.41. The number of likely N-dealkylation sites (tertiary alicyclic amines) is 1. The maximum atomic E-state index is 13.3. The Hall–Kier alpha value is -1.63. The average molecular weight is 490 g/mol. The number of carbonyl (C=O) groups is 2. The first-order chi connectivity index (χ1) is 14.7. The second-order valence-corrected chi connectivity index (χ2v) is 10.0. The van der Waals surface area contributed by atoms with Crippen molar-refractivity contribution < 1.29 is 49.6 Å². The lowest BCUT2D eigenvalue weighted by Gasteiger charge is -2.33. The molecule has 0 N–H and O–H groups in total. The third-order valence-corrected chi connectivity index (χ3v) is 6.88. The van der Waals surface area contributed by atoms with Crippen LogP contribution in [0.15, 0.2) is 0 Å². The summed E-state index contributed by atoms with van der Waals surface area (Å²) < 4.78 is 94.4. The molecule has 1 saturated heterocycles. The van der Waals surface area contributed by atoms with E-state index in [-0.39, 0.29) is 13.0 Å². The predicted molar refractivity (Wildman–Crippen MR) is 102 cm³/mol. The van der Waals surface area contributed by atoms with Crippen LogP contribution in [-0.2, 0) is 24.4 Å². The van der Waals surface area contributed by atoms with E-state index in [1.807, 2.05) is 6.92 Å². The van der Waals surface area contributed by atoms with E-state index in [9.17, 15) is 40.1 Å². The number of hydrogen-bond donors (Lipinski definition) is 0. The van der Waals surface area contributed by atoms with Crippen LogP contribution in [0.25, 0.3) is 0 Å². The number of piperidine rings is 1. The van der Waals surface area contributed by atoms with Gasteiger partial charge in [0, 0.05) is 19.5 Å². The molecular formula is C19H28F4NO7S-. The number of carbonyl (C=O) groups excluding carboxylic acids is 2. The molecule has 0 atom stereocenters. The first kappa shape index (κ1) is 26.6. The second kappa shape index (κ2) is 10.1. The standard InChI is InChI=1S/C19H29F4NO7S/c1-17(8-2-3-9-17)31-16(26)24-11-6-14(7-12-24)15(25)30-13-5-4-10-18(20,21)19(22,23)32(27,28)29/h14H,2-13H2,1H3,(H,27,28,29)/p-1. The fraction of sp³-hybridized carbons (Fsp3) is 0.895. The van der Waals surface area contributed by atoms with Crippen LogP contribution in [0.2, 0.25) is 0 Å². The normalized spacial score (nSPS) is 20.2. The smallest absolute Gasteiger partial charge is 0.410 e. The highest BCUT2D eigenvalue weighted by atomic mass is 32.2. The molecule has 1 aliphatic carbocycles. The molecule has 186 valence electrons. The van der Waals surface area contributed by atoms with Crippen LogP contribution in [0.4, 0.5) is 22.4 Å². The summed E-state index contributed by atoms with van der Waals surface area (Å²) in [4.78, 5) is 25.9. The molecule has 2 aliphatic rings. The average Bonchev–Trinajstić information content (AvgIpc) is 3.12. The Labute approximate surface area is 184 Å². The first-order valence-electron chi connectivity index (χ1n) is 10.5. The molecule has 0 unspecified atom stereocenters. The van der Waals surface area contributed by atoms with Gasteiger partial charge >= 0.3 is 23.2 Å². The molecule has 2 rings (SSSR count). The van der Waals surface area contributed by atoms with Gasteiger partial charge in [0.05, 0.1) is 12.5 Å². The number of amides is 1. The van der Waals surface area contributed by atoms with Gasteiger partial charge in [0.25, 0.3) is 0 Å². The highest BCUT2D eigenvalue weighted by molar-refractivity contribution is 7.86. The van der Waals surface area contributed by atoms with Crippen molar-refractivity contribution >= 4 is 22.2 Å². The molecule has 0 aromatic heterocycles. The SMILES string of the molecule is CC1(OC(=O)N2CCC(C(=O)OCCCCC(F)(F)C(F)(F)S(=O)(=O)[O-])CC2)CCCC1. The Morgan fingerprint density at radius 3 is 2.19 bits per heavy atom. The molecule has 2 fully saturated rings. The first-order valence-corrected chi connectivity index (χ1v) is 11.9. The fourth-order valence-electron chi connectivity index (χ4n) is 3.87. The minimum atomic E-state index is -6.51. The van der Waals surface area contributed by atoms with Crippen molar-refractivity contribution in [3.05, 3.63) is 0 Å². The lowest BCUT2D eigenvalue weighted by atomic mass is 9.97. The molecule has 0 bridgehead atoms. The molecule has 0 radical (unpaired) electrons.